The molecule has 0 heterocycles. The van der Waals surface area contributed by atoms with Crippen molar-refractivity contribution in [1.82, 2.24) is 0 Å². The van der Waals surface area contributed by atoms with Crippen molar-refractivity contribution >= 4 is 8.11 Å². The molecule has 0 aliphatic carbocycles. The minimum absolute atomic E-state index is 0.787. The van der Waals surface area contributed by atoms with E-state index in [-0.39, 0.29) is 0 Å². The van der Waals surface area contributed by atoms with Crippen LogP contribution >= 0.6 is 0 Å². The Morgan fingerprint density at radius 1 is 0.688 bits per heavy atom. The Bertz CT molecular complexity index is 372. The van der Waals surface area contributed by atoms with Crippen LogP contribution in [0, 0.1) is 0 Å². The van der Waals surface area contributed by atoms with Gasteiger partial charge in [0, 0.05) is 0 Å². The maximum atomic E-state index is 2.27. The summed E-state index contributed by atoms with van der Waals surface area (Å²) in [6.07, 6.45) is 0. The van der Waals surface area contributed by atoms with Gasteiger partial charge >= 0.3 is 106 Å². The molecular formula is C14H17SiTi. The standard InChI is InChI=1S/2C7H7.H3Si.Ti/c2*1-7-5-3-2-4-6-7;;/h2*2-6H,1H2;1H3;. The molecule has 2 aromatic carbocycles. The van der Waals surface area contributed by atoms with Gasteiger partial charge in [0.15, 0.2) is 0 Å². The van der Waals surface area contributed by atoms with Gasteiger partial charge in [-0.25, -0.2) is 0 Å². The molecule has 0 atom stereocenters. The Hall–Kier alpha value is -0.629. The van der Waals surface area contributed by atoms with Gasteiger partial charge < -0.3 is 0 Å². The summed E-state index contributed by atoms with van der Waals surface area (Å²) in [6.45, 7) is 0. The van der Waals surface area contributed by atoms with Crippen molar-refractivity contribution in [1.29, 1.82) is 0 Å². The second-order valence-corrected chi connectivity index (χ2v) is 14.2. The van der Waals surface area contributed by atoms with Gasteiger partial charge in [0.1, 0.15) is 0 Å². The van der Waals surface area contributed by atoms with E-state index in [0.717, 1.165) is 0 Å². The van der Waals surface area contributed by atoms with Crippen molar-refractivity contribution in [2.24, 2.45) is 0 Å². The van der Waals surface area contributed by atoms with Gasteiger partial charge in [0.2, 0.25) is 0 Å². The first-order chi connectivity index (χ1) is 7.84. The maximum absolute atomic E-state index is 2.27. The zero-order valence-corrected chi connectivity index (χ0v) is 13.2. The van der Waals surface area contributed by atoms with Crippen molar-refractivity contribution in [3.8, 4) is 0 Å². The van der Waals surface area contributed by atoms with E-state index >= 15 is 0 Å². The average Bonchev–Trinajstić information content (AvgIpc) is 2.31. The van der Waals surface area contributed by atoms with E-state index in [0.29, 0.717) is 0 Å². The van der Waals surface area contributed by atoms with Crippen LogP contribution in [0.4, 0.5) is 0 Å². The van der Waals surface area contributed by atoms with Crippen molar-refractivity contribution < 1.29 is 17.1 Å². The van der Waals surface area contributed by atoms with Gasteiger partial charge in [0.05, 0.1) is 0 Å². The van der Waals surface area contributed by atoms with Crippen molar-refractivity contribution in [3.63, 3.8) is 0 Å². The van der Waals surface area contributed by atoms with Crippen LogP contribution in [-0.2, 0) is 26.6 Å². The van der Waals surface area contributed by atoms with Gasteiger partial charge in [-0.3, -0.25) is 0 Å². The van der Waals surface area contributed by atoms with Gasteiger partial charge in [-0.15, -0.1) is 0 Å². The molecule has 16 heavy (non-hydrogen) atoms. The second-order valence-electron chi connectivity index (χ2n) is 4.28. The van der Waals surface area contributed by atoms with E-state index in [1.54, 1.807) is 11.1 Å². The molecule has 0 saturated carbocycles. The van der Waals surface area contributed by atoms with Crippen LogP contribution in [0.3, 0.4) is 0 Å². The van der Waals surface area contributed by atoms with E-state index < -0.39 is 17.1 Å². The minimum atomic E-state index is -0.787. The molecular weight excluding hydrogens is 244 g/mol. The molecule has 81 valence electrons. The third-order valence-electron chi connectivity index (χ3n) is 2.70. The van der Waals surface area contributed by atoms with E-state index in [4.69, 9.17) is 0 Å². The SMILES string of the molecule is [SiH3][Ti]([CH2]c1ccccc1)[CH2]c1ccccc1. The van der Waals surface area contributed by atoms with Crippen molar-refractivity contribution in [2.45, 2.75) is 9.45 Å². The van der Waals surface area contributed by atoms with Gasteiger partial charge in [0.25, 0.3) is 0 Å². The molecule has 0 fully saturated rings. The van der Waals surface area contributed by atoms with E-state index in [2.05, 4.69) is 60.7 Å². The predicted molar refractivity (Wildman–Crippen MR) is 70.2 cm³/mol. The number of hydrogen-bond donors (Lipinski definition) is 0. The average molecular weight is 261 g/mol. The number of rotatable bonds is 4. The summed E-state index contributed by atoms with van der Waals surface area (Å²) >= 11 is -0.787. The number of benzene rings is 2. The number of hydrogen-bond acceptors (Lipinski definition) is 0. The Morgan fingerprint density at radius 3 is 1.44 bits per heavy atom. The van der Waals surface area contributed by atoms with Gasteiger partial charge in [-0.1, -0.05) is 0 Å². The first kappa shape index (κ1) is 11.8. The third-order valence-corrected chi connectivity index (χ3v) is 8.77. The summed E-state index contributed by atoms with van der Waals surface area (Å²) in [6, 6.07) is 21.9. The summed E-state index contributed by atoms with van der Waals surface area (Å²) in [5, 5.41) is 0. The molecule has 0 aliphatic heterocycles. The predicted octanol–water partition coefficient (Wildman–Crippen LogP) is 2.29. The Labute approximate surface area is 106 Å². The van der Waals surface area contributed by atoms with E-state index in [1.165, 1.54) is 17.6 Å². The second kappa shape index (κ2) is 6.19. The van der Waals surface area contributed by atoms with Crippen LogP contribution < -0.4 is 0 Å². The summed E-state index contributed by atoms with van der Waals surface area (Å²) in [4.78, 5) is 0. The van der Waals surface area contributed by atoms with E-state index in [1.807, 2.05) is 0 Å². The fraction of sp³-hybridized carbons (Fsp3) is 0.143. The van der Waals surface area contributed by atoms with Crippen molar-refractivity contribution in [2.75, 3.05) is 0 Å². The van der Waals surface area contributed by atoms with Crippen LogP contribution in [0.5, 0.6) is 0 Å². The summed E-state index contributed by atoms with van der Waals surface area (Å²) in [7, 11) is 1.43. The Morgan fingerprint density at radius 2 is 1.06 bits per heavy atom. The molecule has 0 saturated heterocycles. The van der Waals surface area contributed by atoms with Crippen LogP contribution in [0.1, 0.15) is 11.1 Å². The molecule has 0 radical (unpaired) electrons. The summed E-state index contributed by atoms with van der Waals surface area (Å²) in [5.74, 6) is 0. The topological polar surface area (TPSA) is 0 Å². The molecule has 0 bridgehead atoms. The van der Waals surface area contributed by atoms with Crippen molar-refractivity contribution in [3.05, 3.63) is 71.8 Å². The fourth-order valence-electron chi connectivity index (χ4n) is 1.95. The Balaban J connectivity index is 1.92. The van der Waals surface area contributed by atoms with Crippen LogP contribution in [0.25, 0.3) is 0 Å². The van der Waals surface area contributed by atoms with Gasteiger partial charge in [-0.05, 0) is 0 Å². The molecule has 0 amide bonds. The molecule has 0 nitrogen and oxygen atoms in total. The van der Waals surface area contributed by atoms with Crippen LogP contribution in [0.2, 0.25) is 0 Å². The third kappa shape index (κ3) is 3.75. The zero-order chi connectivity index (χ0) is 11.2. The fourth-order valence-corrected chi connectivity index (χ4v) is 8.43. The monoisotopic (exact) mass is 261 g/mol. The first-order valence-corrected chi connectivity index (χ1v) is 13.6. The van der Waals surface area contributed by atoms with Gasteiger partial charge in [-0.2, -0.15) is 0 Å². The molecule has 2 rings (SSSR count). The quantitative estimate of drug-likeness (QED) is 0.741. The molecule has 2 aromatic rings. The summed E-state index contributed by atoms with van der Waals surface area (Å²) in [5.41, 5.74) is 3.09. The first-order valence-electron chi connectivity index (χ1n) is 5.74. The van der Waals surface area contributed by atoms with Crippen LogP contribution in [0.15, 0.2) is 60.7 Å². The zero-order valence-electron chi connectivity index (χ0n) is 9.69. The molecule has 0 aliphatic rings. The van der Waals surface area contributed by atoms with E-state index in [9.17, 15) is 0 Å². The molecule has 2 heteroatoms. The molecule has 0 aromatic heterocycles. The normalized spacial score (nSPS) is 10.2. The molecule has 0 spiro atoms. The Kier molecular flexibility index (Phi) is 4.58. The summed E-state index contributed by atoms with van der Waals surface area (Å²) < 4.78 is 2.78. The van der Waals surface area contributed by atoms with Crippen LogP contribution in [-0.4, -0.2) is 8.11 Å². The molecule has 0 unspecified atom stereocenters. The molecule has 0 N–H and O–H groups in total.